The van der Waals surface area contributed by atoms with E-state index in [0.717, 1.165) is 11.5 Å². The van der Waals surface area contributed by atoms with E-state index < -0.39 is 11.5 Å². The van der Waals surface area contributed by atoms with Crippen LogP contribution in [0.3, 0.4) is 0 Å². The van der Waals surface area contributed by atoms with Gasteiger partial charge in [0, 0.05) is 11.8 Å². The van der Waals surface area contributed by atoms with E-state index in [9.17, 15) is 8.78 Å². The van der Waals surface area contributed by atoms with Gasteiger partial charge >= 0.3 is 0 Å². The Morgan fingerprint density at radius 2 is 2.27 bits per heavy atom. The van der Waals surface area contributed by atoms with Crippen molar-refractivity contribution in [3.05, 3.63) is 11.1 Å². The molecular formula is C5H5F2N3S. The van der Waals surface area contributed by atoms with Gasteiger partial charge in [0.25, 0.3) is 5.92 Å². The lowest BCUT2D eigenvalue weighted by atomic mass is 10.2. The van der Waals surface area contributed by atoms with Gasteiger partial charge in [-0.2, -0.15) is 0 Å². The number of halogens is 2. The summed E-state index contributed by atoms with van der Waals surface area (Å²) in [6.45, 7) is 0. The van der Waals surface area contributed by atoms with E-state index in [1.807, 2.05) is 0 Å². The van der Waals surface area contributed by atoms with E-state index >= 15 is 0 Å². The molecule has 1 aliphatic rings. The van der Waals surface area contributed by atoms with E-state index in [1.165, 1.54) is 5.38 Å². The second-order valence-electron chi connectivity index (χ2n) is 2.64. The molecule has 1 aliphatic carbocycles. The summed E-state index contributed by atoms with van der Waals surface area (Å²) in [4.78, 5) is 0. The Hall–Kier alpha value is -0.620. The number of alkyl halides is 2. The van der Waals surface area contributed by atoms with Crippen LogP contribution >= 0.6 is 11.5 Å². The molecule has 0 aliphatic heterocycles. The van der Waals surface area contributed by atoms with Crippen LogP contribution in [-0.2, 0) is 5.54 Å². The fraction of sp³-hybridized carbons (Fsp3) is 0.600. The number of rotatable bonds is 1. The number of nitrogens with zero attached hydrogens (tertiary/aromatic N) is 2. The first-order valence-corrected chi connectivity index (χ1v) is 3.84. The van der Waals surface area contributed by atoms with Crippen molar-refractivity contribution in [3.63, 3.8) is 0 Å². The van der Waals surface area contributed by atoms with Gasteiger partial charge in [0.1, 0.15) is 11.2 Å². The van der Waals surface area contributed by atoms with Gasteiger partial charge in [0.15, 0.2) is 0 Å². The van der Waals surface area contributed by atoms with Gasteiger partial charge in [-0.15, -0.1) is 5.10 Å². The monoisotopic (exact) mass is 177 g/mol. The van der Waals surface area contributed by atoms with Crippen LogP contribution in [0.25, 0.3) is 0 Å². The van der Waals surface area contributed by atoms with Gasteiger partial charge in [-0.05, 0) is 11.5 Å². The van der Waals surface area contributed by atoms with Crippen molar-refractivity contribution in [1.82, 2.24) is 9.59 Å². The predicted octanol–water partition coefficient (Wildman–Crippen LogP) is 0.731. The maximum absolute atomic E-state index is 12.6. The Bertz CT molecular complexity index is 273. The molecule has 2 N–H and O–H groups in total. The molecule has 0 spiro atoms. The van der Waals surface area contributed by atoms with Crippen LogP contribution in [0, 0.1) is 0 Å². The molecule has 1 unspecified atom stereocenters. The maximum atomic E-state index is 12.6. The second kappa shape index (κ2) is 1.75. The highest BCUT2D eigenvalue weighted by Gasteiger charge is 2.71. The van der Waals surface area contributed by atoms with Crippen LogP contribution in [0.1, 0.15) is 12.1 Å². The topological polar surface area (TPSA) is 51.8 Å². The van der Waals surface area contributed by atoms with Crippen molar-refractivity contribution in [3.8, 4) is 0 Å². The van der Waals surface area contributed by atoms with Crippen molar-refractivity contribution in [2.45, 2.75) is 17.9 Å². The zero-order valence-corrected chi connectivity index (χ0v) is 6.24. The molecular weight excluding hydrogens is 172 g/mol. The molecule has 6 heteroatoms. The van der Waals surface area contributed by atoms with Crippen molar-refractivity contribution < 1.29 is 8.78 Å². The fourth-order valence-corrected chi connectivity index (χ4v) is 1.48. The summed E-state index contributed by atoms with van der Waals surface area (Å²) in [6, 6.07) is 0. The van der Waals surface area contributed by atoms with E-state index in [4.69, 9.17) is 5.73 Å². The Morgan fingerprint density at radius 1 is 1.64 bits per heavy atom. The third kappa shape index (κ3) is 0.793. The van der Waals surface area contributed by atoms with Crippen LogP contribution in [0.4, 0.5) is 8.78 Å². The smallest absolute Gasteiger partial charge is 0.274 e. The predicted molar refractivity (Wildman–Crippen MR) is 35.3 cm³/mol. The SMILES string of the molecule is NC1(c2csnn2)CC1(F)F. The third-order valence-corrected chi connectivity index (χ3v) is 2.35. The molecule has 1 fully saturated rings. The van der Waals surface area contributed by atoms with Crippen LogP contribution in [0.5, 0.6) is 0 Å². The molecule has 1 aromatic heterocycles. The Morgan fingerprint density at radius 3 is 2.64 bits per heavy atom. The normalized spacial score (nSPS) is 33.7. The molecule has 1 saturated carbocycles. The zero-order chi connectivity index (χ0) is 8.11. The highest BCUT2D eigenvalue weighted by atomic mass is 32.1. The molecule has 0 amide bonds. The number of aromatic nitrogens is 2. The Labute approximate surface area is 65.4 Å². The molecule has 2 rings (SSSR count). The van der Waals surface area contributed by atoms with Crippen molar-refractivity contribution in [2.75, 3.05) is 0 Å². The number of nitrogens with two attached hydrogens (primary N) is 1. The molecule has 0 saturated heterocycles. The summed E-state index contributed by atoms with van der Waals surface area (Å²) in [5.74, 6) is -2.79. The summed E-state index contributed by atoms with van der Waals surface area (Å²) < 4.78 is 28.6. The van der Waals surface area contributed by atoms with E-state index in [1.54, 1.807) is 0 Å². The minimum atomic E-state index is -2.79. The Balaban J connectivity index is 2.33. The van der Waals surface area contributed by atoms with Crippen molar-refractivity contribution in [1.29, 1.82) is 0 Å². The lowest BCUT2D eigenvalue weighted by Crippen LogP contribution is -2.27. The summed E-state index contributed by atoms with van der Waals surface area (Å²) in [5.41, 5.74) is 4.02. The standard InChI is InChI=1S/C5H5F2N3S/c6-5(7)2-4(5,8)3-1-11-10-9-3/h1H,2,8H2. The highest BCUT2D eigenvalue weighted by Crippen LogP contribution is 2.56. The van der Waals surface area contributed by atoms with E-state index in [2.05, 4.69) is 9.59 Å². The number of hydrogen-bond donors (Lipinski definition) is 1. The second-order valence-corrected chi connectivity index (χ2v) is 3.25. The molecule has 60 valence electrons. The summed E-state index contributed by atoms with van der Waals surface area (Å²) in [7, 11) is 0. The quantitative estimate of drug-likeness (QED) is 0.688. The highest BCUT2D eigenvalue weighted by molar-refractivity contribution is 7.03. The molecule has 3 nitrogen and oxygen atoms in total. The van der Waals surface area contributed by atoms with Gasteiger partial charge in [-0.3, -0.25) is 0 Å². The summed E-state index contributed by atoms with van der Waals surface area (Å²) in [5, 5.41) is 4.97. The minimum absolute atomic E-state index is 0.201. The van der Waals surface area contributed by atoms with Crippen LogP contribution < -0.4 is 5.73 Å². The molecule has 11 heavy (non-hydrogen) atoms. The summed E-state index contributed by atoms with van der Waals surface area (Å²) >= 11 is 1.03. The number of hydrogen-bond acceptors (Lipinski definition) is 4. The fourth-order valence-electron chi connectivity index (χ4n) is 0.943. The third-order valence-electron chi connectivity index (χ3n) is 1.85. The van der Waals surface area contributed by atoms with Crippen LogP contribution in [0.2, 0.25) is 0 Å². The zero-order valence-electron chi connectivity index (χ0n) is 5.42. The minimum Gasteiger partial charge on any atom is -0.315 e. The van der Waals surface area contributed by atoms with Crippen molar-refractivity contribution >= 4 is 11.5 Å². The molecule has 0 radical (unpaired) electrons. The van der Waals surface area contributed by atoms with Gasteiger partial charge in [0.2, 0.25) is 0 Å². The first-order valence-electron chi connectivity index (χ1n) is 3.00. The van der Waals surface area contributed by atoms with Gasteiger partial charge in [-0.1, -0.05) is 4.49 Å². The molecule has 0 aromatic carbocycles. The van der Waals surface area contributed by atoms with Crippen LogP contribution in [0.15, 0.2) is 5.38 Å². The largest absolute Gasteiger partial charge is 0.315 e. The lowest BCUT2D eigenvalue weighted by molar-refractivity contribution is 0.0881. The van der Waals surface area contributed by atoms with E-state index in [0.29, 0.717) is 0 Å². The van der Waals surface area contributed by atoms with Gasteiger partial charge in [0.05, 0.1) is 0 Å². The molecule has 1 aromatic rings. The van der Waals surface area contributed by atoms with Gasteiger partial charge < -0.3 is 5.73 Å². The van der Waals surface area contributed by atoms with E-state index in [-0.39, 0.29) is 12.1 Å². The molecule has 0 bridgehead atoms. The maximum Gasteiger partial charge on any atom is 0.274 e. The summed E-state index contributed by atoms with van der Waals surface area (Å²) in [6.07, 6.45) is -0.314. The van der Waals surface area contributed by atoms with Crippen LogP contribution in [-0.4, -0.2) is 15.5 Å². The molecule has 1 heterocycles. The first-order chi connectivity index (χ1) is 5.06. The van der Waals surface area contributed by atoms with Gasteiger partial charge in [-0.25, -0.2) is 8.78 Å². The first kappa shape index (κ1) is 7.05. The lowest BCUT2D eigenvalue weighted by Gasteiger charge is -2.03. The van der Waals surface area contributed by atoms with Crippen molar-refractivity contribution in [2.24, 2.45) is 5.73 Å². The average molecular weight is 177 g/mol. The Kier molecular flexibility index (Phi) is 1.12. The molecule has 1 atom stereocenters. The average Bonchev–Trinajstić information content (AvgIpc) is 2.36.